The minimum absolute atomic E-state index is 0. The molecule has 0 heterocycles. The molecule has 0 amide bonds. The molecule has 0 saturated heterocycles. The van der Waals surface area contributed by atoms with Crippen LogP contribution in [0.25, 0.3) is 0 Å². The summed E-state index contributed by atoms with van der Waals surface area (Å²) in [6.45, 7) is 0. The van der Waals surface area contributed by atoms with Crippen LogP contribution >= 0.6 is 38.1 Å². The topological polar surface area (TPSA) is 73.0 Å². The molecule has 0 aromatic rings. The van der Waals surface area contributed by atoms with Gasteiger partial charge in [0.25, 0.3) is 0 Å². The first kappa shape index (κ1) is 30.2. The summed E-state index contributed by atoms with van der Waals surface area (Å²) < 4.78 is 0. The normalized spacial score (nSPS) is 8.44. The van der Waals surface area contributed by atoms with E-state index in [4.69, 9.17) is 38.1 Å². The Hall–Kier alpha value is 2.32. The number of rotatable bonds is 0. The van der Waals surface area contributed by atoms with E-state index in [2.05, 4.69) is 0 Å². The van der Waals surface area contributed by atoms with Gasteiger partial charge >= 0.3 is 49.6 Å². The Kier molecular flexibility index (Phi) is 43.4. The molecule has 2 nitrogen and oxygen atoms in total. The second kappa shape index (κ2) is 13.0. The smallest absolute Gasteiger partial charge is 0.369 e. The van der Waals surface area contributed by atoms with Gasteiger partial charge in [0, 0.05) is 0 Å². The second-order valence-corrected chi connectivity index (χ2v) is 14.4. The summed E-state index contributed by atoms with van der Waals surface area (Å²) >= 11 is -2.81. The Bertz CT molecular complexity index is 26.5. The van der Waals surface area contributed by atoms with Crippen LogP contribution in [0.3, 0.4) is 0 Å². The van der Waals surface area contributed by atoms with E-state index in [-0.39, 0.29) is 37.1 Å². The minimum atomic E-state index is -2.81. The molecule has 9 heavy (non-hydrogen) atoms. The summed E-state index contributed by atoms with van der Waals surface area (Å²) in [5.41, 5.74) is 0. The van der Waals surface area contributed by atoms with Crippen LogP contribution in [0.1, 0.15) is 0 Å². The molecule has 0 spiro atoms. The van der Waals surface area contributed by atoms with Gasteiger partial charge in [-0.25, -0.2) is 0 Å². The quantitative estimate of drug-likeness (QED) is 0.452. The van der Waals surface area contributed by atoms with Crippen LogP contribution in [-0.2, 0) is 11.5 Å². The van der Waals surface area contributed by atoms with Crippen LogP contribution in [0.4, 0.5) is 0 Å². The molecule has 0 saturated carbocycles. The summed E-state index contributed by atoms with van der Waals surface area (Å²) in [5.74, 6) is 0. The maximum absolute atomic E-state index is 4.98. The minimum Gasteiger partial charge on any atom is -0.369 e. The Labute approximate surface area is 85.9 Å². The van der Waals surface area contributed by atoms with Crippen LogP contribution in [0.2, 0.25) is 0 Å². The Balaban J connectivity index is -0.0000000133. The molecule has 0 atom stereocenters. The van der Waals surface area contributed by atoms with Crippen LogP contribution < -0.4 is 37.1 Å². The molecule has 0 unspecified atom stereocenters. The molecule has 0 bridgehead atoms. The fourth-order valence-electron chi connectivity index (χ4n) is 0. The average molecular weight is 355 g/mol. The first-order valence-electron chi connectivity index (χ1n) is 0.478. The molecule has 8 N–H and O–H groups in total. The average Bonchev–Trinajstić information content (AvgIpc) is 0.722. The van der Waals surface area contributed by atoms with E-state index in [1.165, 1.54) is 0 Å². The standard InChI is InChI=1S/6ClH.2H3N.Pd/h6*1H;2*1H3;/q;;;;;;;;+4/p-4. The van der Waals surface area contributed by atoms with E-state index < -0.39 is 11.5 Å². The van der Waals surface area contributed by atoms with Crippen molar-refractivity contribution in [3.63, 3.8) is 0 Å². The van der Waals surface area contributed by atoms with Gasteiger partial charge in [-0.1, -0.05) is 0 Å². The Morgan fingerprint density at radius 2 is 0.667 bits per heavy atom. The fourth-order valence-corrected chi connectivity index (χ4v) is 0. The van der Waals surface area contributed by atoms with E-state index in [1.54, 1.807) is 0 Å². The van der Waals surface area contributed by atoms with Gasteiger partial charge in [0.05, 0.1) is 0 Å². The molecule has 9 heteroatoms. The van der Waals surface area contributed by atoms with Crippen molar-refractivity contribution in [2.75, 3.05) is 0 Å². The van der Waals surface area contributed by atoms with Gasteiger partial charge in [-0.3, -0.25) is 0 Å². The molecule has 0 aliphatic heterocycles. The molecule has 0 aromatic heterocycles. The first-order valence-corrected chi connectivity index (χ1v) is 8.49. The molecule has 0 rings (SSSR count). The van der Waals surface area contributed by atoms with E-state index in [1.807, 2.05) is 0 Å². The predicted octanol–water partition coefficient (Wildman–Crippen LogP) is -2.48. The van der Waals surface area contributed by atoms with Crippen LogP contribution in [0.5, 0.6) is 0 Å². The molecule has 0 aromatic carbocycles. The number of hydrogen-bond donors (Lipinski definition) is 2. The number of hydrogen-bond acceptors (Lipinski definition) is 0. The molecule has 0 fully saturated rings. The van der Waals surface area contributed by atoms with Crippen molar-refractivity contribution in [2.24, 2.45) is 0 Å². The van der Waals surface area contributed by atoms with Gasteiger partial charge in [0.15, 0.2) is 0 Å². The second-order valence-electron chi connectivity index (χ2n) is 0.271. The van der Waals surface area contributed by atoms with Crippen molar-refractivity contribution in [1.82, 2.24) is 12.3 Å². The maximum atomic E-state index is 4.98. The summed E-state index contributed by atoms with van der Waals surface area (Å²) in [6, 6.07) is 0. The molecule has 70 valence electrons. The largest absolute Gasteiger partial charge is 0.369 e. The van der Waals surface area contributed by atoms with Crippen molar-refractivity contribution in [3.05, 3.63) is 0 Å². The third kappa shape index (κ3) is 133. The van der Waals surface area contributed by atoms with Crippen molar-refractivity contribution in [3.8, 4) is 0 Å². The zero-order chi connectivity index (χ0) is 4.50. The number of halogens is 6. The molecular weight excluding hydrogens is 347 g/mol. The SMILES string of the molecule is [Cl-].[Cl-].[Cl][Pd]([Cl])([Cl])[Cl].[NH4+].[NH4+]. The third-order valence-corrected chi connectivity index (χ3v) is 0. The van der Waals surface area contributed by atoms with Crippen molar-refractivity contribution < 1.29 is 36.3 Å². The van der Waals surface area contributed by atoms with Crippen LogP contribution in [-0.4, -0.2) is 0 Å². The zero-order valence-electron chi connectivity index (χ0n) is 4.58. The molecule has 0 aliphatic carbocycles. The van der Waals surface area contributed by atoms with Crippen LogP contribution in [0.15, 0.2) is 0 Å². The number of quaternary nitrogens is 2. The monoisotopic (exact) mass is 352 g/mol. The Morgan fingerprint density at radius 1 is 0.667 bits per heavy atom. The van der Waals surface area contributed by atoms with E-state index in [0.29, 0.717) is 0 Å². The summed E-state index contributed by atoms with van der Waals surface area (Å²) in [5, 5.41) is 0. The van der Waals surface area contributed by atoms with Gasteiger partial charge in [-0.15, -0.1) is 0 Å². The predicted molar refractivity (Wildman–Crippen MR) is 35.4 cm³/mol. The van der Waals surface area contributed by atoms with E-state index in [9.17, 15) is 0 Å². The van der Waals surface area contributed by atoms with Gasteiger partial charge < -0.3 is 37.1 Å². The maximum Gasteiger partial charge on any atom is -0.369 e. The Morgan fingerprint density at radius 3 is 0.667 bits per heavy atom. The van der Waals surface area contributed by atoms with Crippen molar-refractivity contribution >= 4 is 38.1 Å². The first-order chi connectivity index (χ1) is 2.00. The van der Waals surface area contributed by atoms with Crippen LogP contribution in [0, 0.1) is 0 Å². The summed E-state index contributed by atoms with van der Waals surface area (Å²) in [4.78, 5) is 0. The third-order valence-electron chi connectivity index (χ3n) is 0. The summed E-state index contributed by atoms with van der Waals surface area (Å²) in [6.07, 6.45) is 0. The zero-order valence-corrected chi connectivity index (χ0v) is 10.7. The molecule has 0 aliphatic rings. The van der Waals surface area contributed by atoms with Crippen molar-refractivity contribution in [1.29, 1.82) is 0 Å². The molecular formula is H8Cl6N2Pd. The van der Waals surface area contributed by atoms with Crippen molar-refractivity contribution in [2.45, 2.75) is 0 Å². The van der Waals surface area contributed by atoms with Gasteiger partial charge in [0.1, 0.15) is 0 Å². The van der Waals surface area contributed by atoms with Gasteiger partial charge in [0.2, 0.25) is 0 Å². The summed E-state index contributed by atoms with van der Waals surface area (Å²) in [7, 11) is 19.9. The van der Waals surface area contributed by atoms with E-state index in [0.717, 1.165) is 0 Å². The van der Waals surface area contributed by atoms with E-state index >= 15 is 0 Å². The molecule has 0 radical (unpaired) electrons. The van der Waals surface area contributed by atoms with Gasteiger partial charge in [-0.2, -0.15) is 0 Å². The van der Waals surface area contributed by atoms with Gasteiger partial charge in [-0.05, 0) is 0 Å². The fraction of sp³-hybridized carbons (Fsp3) is 0.